The van der Waals surface area contributed by atoms with Gasteiger partial charge in [0.05, 0.1) is 11.1 Å². The van der Waals surface area contributed by atoms with E-state index in [4.69, 9.17) is 4.74 Å². The summed E-state index contributed by atoms with van der Waals surface area (Å²) >= 11 is 0. The Morgan fingerprint density at radius 1 is 1.08 bits per heavy atom. The molecule has 0 fully saturated rings. The van der Waals surface area contributed by atoms with Crippen LogP contribution in [0.15, 0.2) is 48.8 Å². The van der Waals surface area contributed by atoms with Gasteiger partial charge < -0.3 is 15.4 Å². The van der Waals surface area contributed by atoms with Crippen LogP contribution < -0.4 is 10.6 Å². The number of methoxy groups -OCH3 is 1. The summed E-state index contributed by atoms with van der Waals surface area (Å²) in [5.74, 6) is -0.558. The van der Waals surface area contributed by atoms with Gasteiger partial charge in [0, 0.05) is 30.9 Å². The van der Waals surface area contributed by atoms with Gasteiger partial charge in [-0.3, -0.25) is 19.6 Å². The van der Waals surface area contributed by atoms with Crippen molar-refractivity contribution in [3.63, 3.8) is 0 Å². The molecule has 3 rings (SSSR count). The van der Waals surface area contributed by atoms with Crippen molar-refractivity contribution in [2.45, 2.75) is 6.92 Å². The summed E-state index contributed by atoms with van der Waals surface area (Å²) in [6.45, 7) is 1.84. The smallest absolute Gasteiger partial charge is 0.257 e. The number of benzene rings is 2. The van der Waals surface area contributed by atoms with Gasteiger partial charge in [-0.2, -0.15) is 0 Å². The van der Waals surface area contributed by atoms with Gasteiger partial charge in [-0.05, 0) is 36.8 Å². The van der Waals surface area contributed by atoms with E-state index in [1.54, 1.807) is 42.7 Å². The van der Waals surface area contributed by atoms with Crippen LogP contribution in [0.3, 0.4) is 0 Å². The molecule has 0 saturated carbocycles. The number of carbonyl (C=O) groups is 2. The van der Waals surface area contributed by atoms with Crippen molar-refractivity contribution in [3.8, 4) is 0 Å². The van der Waals surface area contributed by atoms with Crippen molar-refractivity contribution < 1.29 is 14.3 Å². The van der Waals surface area contributed by atoms with Gasteiger partial charge in [0.25, 0.3) is 5.91 Å². The van der Waals surface area contributed by atoms with Crippen LogP contribution in [0.5, 0.6) is 0 Å². The molecular formula is C19H18N4O3. The molecule has 2 aromatic carbocycles. The number of anilines is 2. The van der Waals surface area contributed by atoms with Crippen LogP contribution in [-0.4, -0.2) is 35.5 Å². The van der Waals surface area contributed by atoms with Gasteiger partial charge in [-0.25, -0.2) is 0 Å². The summed E-state index contributed by atoms with van der Waals surface area (Å²) in [5.41, 5.74) is 3.67. The number of hydrogen-bond acceptors (Lipinski definition) is 5. The molecule has 1 aromatic heterocycles. The normalized spacial score (nSPS) is 10.5. The molecule has 0 aliphatic rings. The van der Waals surface area contributed by atoms with E-state index in [1.807, 2.05) is 13.0 Å². The maximum absolute atomic E-state index is 12.7. The van der Waals surface area contributed by atoms with Gasteiger partial charge >= 0.3 is 0 Å². The molecule has 7 heteroatoms. The predicted molar refractivity (Wildman–Crippen MR) is 99.2 cm³/mol. The first kappa shape index (κ1) is 17.5. The van der Waals surface area contributed by atoms with Crippen molar-refractivity contribution in [3.05, 3.63) is 59.9 Å². The minimum absolute atomic E-state index is 0.0375. The first-order chi connectivity index (χ1) is 12.6. The standard InChI is InChI=1S/C19H18N4O3/c1-12-6-7-13(22-17(24)11-26-2)10-16(12)23-19(25)14-4-3-5-15-18(14)21-9-8-20-15/h3-10H,11H2,1-2H3,(H,22,24)(H,23,25). The topological polar surface area (TPSA) is 93.2 Å². The lowest BCUT2D eigenvalue weighted by atomic mass is 10.1. The van der Waals surface area contributed by atoms with Gasteiger partial charge in [-0.1, -0.05) is 12.1 Å². The van der Waals surface area contributed by atoms with Crippen molar-refractivity contribution in [2.75, 3.05) is 24.4 Å². The van der Waals surface area contributed by atoms with Crippen molar-refractivity contribution >= 4 is 34.2 Å². The minimum atomic E-state index is -0.292. The average Bonchev–Trinajstić information content (AvgIpc) is 2.64. The molecular weight excluding hydrogens is 332 g/mol. The molecule has 132 valence electrons. The summed E-state index contributed by atoms with van der Waals surface area (Å²) in [4.78, 5) is 32.9. The number of nitrogens with zero attached hydrogens (tertiary/aromatic N) is 2. The van der Waals surface area contributed by atoms with E-state index < -0.39 is 0 Å². The maximum atomic E-state index is 12.7. The Morgan fingerprint density at radius 2 is 1.88 bits per heavy atom. The first-order valence-corrected chi connectivity index (χ1v) is 7.99. The molecule has 0 spiro atoms. The third-order valence-electron chi connectivity index (χ3n) is 3.79. The fourth-order valence-electron chi connectivity index (χ4n) is 2.53. The highest BCUT2D eigenvalue weighted by Crippen LogP contribution is 2.22. The molecule has 0 bridgehead atoms. The fourth-order valence-corrected chi connectivity index (χ4v) is 2.53. The fraction of sp³-hybridized carbons (Fsp3) is 0.158. The number of amides is 2. The number of carbonyl (C=O) groups excluding carboxylic acids is 2. The summed E-state index contributed by atoms with van der Waals surface area (Å²) in [6.07, 6.45) is 3.14. The Bertz CT molecular complexity index is 967. The summed E-state index contributed by atoms with van der Waals surface area (Å²) < 4.78 is 4.80. The molecule has 2 N–H and O–H groups in total. The largest absolute Gasteiger partial charge is 0.375 e. The van der Waals surface area contributed by atoms with E-state index in [0.29, 0.717) is 28.0 Å². The second-order valence-electron chi connectivity index (χ2n) is 5.69. The zero-order chi connectivity index (χ0) is 18.5. The van der Waals surface area contributed by atoms with Crippen molar-refractivity contribution in [1.82, 2.24) is 9.97 Å². The van der Waals surface area contributed by atoms with Crippen LogP contribution in [0.25, 0.3) is 11.0 Å². The first-order valence-electron chi connectivity index (χ1n) is 7.99. The van der Waals surface area contributed by atoms with E-state index >= 15 is 0 Å². The molecule has 7 nitrogen and oxygen atoms in total. The highest BCUT2D eigenvalue weighted by Gasteiger charge is 2.13. The van der Waals surface area contributed by atoms with Crippen LogP contribution in [0.2, 0.25) is 0 Å². The quantitative estimate of drug-likeness (QED) is 0.738. The summed E-state index contributed by atoms with van der Waals surface area (Å²) in [5, 5.41) is 5.59. The minimum Gasteiger partial charge on any atom is -0.375 e. The summed E-state index contributed by atoms with van der Waals surface area (Å²) in [7, 11) is 1.45. The van der Waals surface area contributed by atoms with E-state index in [9.17, 15) is 9.59 Å². The molecule has 3 aromatic rings. The maximum Gasteiger partial charge on any atom is 0.257 e. The zero-order valence-corrected chi connectivity index (χ0v) is 14.4. The molecule has 1 heterocycles. The van der Waals surface area contributed by atoms with Crippen molar-refractivity contribution in [2.24, 2.45) is 0 Å². The Balaban J connectivity index is 1.85. The van der Waals surface area contributed by atoms with Gasteiger partial charge in [-0.15, -0.1) is 0 Å². The van der Waals surface area contributed by atoms with Crippen LogP contribution >= 0.6 is 0 Å². The van der Waals surface area contributed by atoms with Crippen LogP contribution in [0.1, 0.15) is 15.9 Å². The molecule has 0 aliphatic carbocycles. The number of aryl methyl sites for hydroxylation is 1. The Hall–Kier alpha value is -3.32. The highest BCUT2D eigenvalue weighted by atomic mass is 16.5. The number of para-hydroxylation sites is 1. The molecule has 0 saturated heterocycles. The number of rotatable bonds is 5. The molecule has 0 radical (unpaired) electrons. The number of aromatic nitrogens is 2. The molecule has 26 heavy (non-hydrogen) atoms. The lowest BCUT2D eigenvalue weighted by molar-refractivity contribution is -0.119. The van der Waals surface area contributed by atoms with Crippen LogP contribution in [0, 0.1) is 6.92 Å². The van der Waals surface area contributed by atoms with Crippen LogP contribution in [0.4, 0.5) is 11.4 Å². The summed E-state index contributed by atoms with van der Waals surface area (Å²) in [6, 6.07) is 10.6. The zero-order valence-electron chi connectivity index (χ0n) is 14.4. The van der Waals surface area contributed by atoms with E-state index in [-0.39, 0.29) is 18.4 Å². The van der Waals surface area contributed by atoms with Gasteiger partial charge in [0.1, 0.15) is 12.1 Å². The van der Waals surface area contributed by atoms with E-state index in [2.05, 4.69) is 20.6 Å². The van der Waals surface area contributed by atoms with Gasteiger partial charge in [0.2, 0.25) is 5.91 Å². The molecule has 0 unspecified atom stereocenters. The highest BCUT2D eigenvalue weighted by molar-refractivity contribution is 6.11. The molecule has 2 amide bonds. The number of hydrogen-bond donors (Lipinski definition) is 2. The molecule has 0 aliphatic heterocycles. The third kappa shape index (κ3) is 3.84. The number of nitrogens with one attached hydrogen (secondary N) is 2. The second-order valence-corrected chi connectivity index (χ2v) is 5.69. The monoisotopic (exact) mass is 350 g/mol. The molecule has 0 atom stereocenters. The Labute approximate surface area is 150 Å². The average molecular weight is 350 g/mol. The van der Waals surface area contributed by atoms with Crippen LogP contribution in [-0.2, 0) is 9.53 Å². The Kier molecular flexibility index (Phi) is 5.19. The van der Waals surface area contributed by atoms with Gasteiger partial charge in [0.15, 0.2) is 0 Å². The van der Waals surface area contributed by atoms with E-state index in [1.165, 1.54) is 7.11 Å². The van der Waals surface area contributed by atoms with E-state index in [0.717, 1.165) is 5.56 Å². The third-order valence-corrected chi connectivity index (χ3v) is 3.79. The predicted octanol–water partition coefficient (Wildman–Crippen LogP) is 2.78. The van der Waals surface area contributed by atoms with Crippen molar-refractivity contribution in [1.29, 1.82) is 0 Å². The number of ether oxygens (including phenoxy) is 1. The second kappa shape index (κ2) is 7.71. The Morgan fingerprint density at radius 3 is 2.69 bits per heavy atom. The number of fused-ring (bicyclic) bond motifs is 1. The lowest BCUT2D eigenvalue weighted by Crippen LogP contribution is -2.18. The lowest BCUT2D eigenvalue weighted by Gasteiger charge is -2.12. The SMILES string of the molecule is COCC(=O)Nc1ccc(C)c(NC(=O)c2cccc3nccnc23)c1.